The van der Waals surface area contributed by atoms with Crippen LogP contribution < -0.4 is 0 Å². The van der Waals surface area contributed by atoms with Crippen molar-refractivity contribution in [2.24, 2.45) is 10.4 Å². The molecule has 0 amide bonds. The predicted octanol–water partition coefficient (Wildman–Crippen LogP) is 2.73. The van der Waals surface area contributed by atoms with Crippen molar-refractivity contribution >= 4 is 18.0 Å². The third kappa shape index (κ3) is 4.64. The minimum atomic E-state index is -0.627. The molecule has 5 heteroatoms. The van der Waals surface area contributed by atoms with Crippen molar-refractivity contribution in [3.05, 3.63) is 23.1 Å². The van der Waals surface area contributed by atoms with Crippen molar-refractivity contribution in [1.29, 1.82) is 0 Å². The zero-order valence-electron chi connectivity index (χ0n) is 12.4. The van der Waals surface area contributed by atoms with Crippen LogP contribution in [0, 0.1) is 5.41 Å². The molecule has 1 aliphatic rings. The van der Waals surface area contributed by atoms with Gasteiger partial charge in [0.25, 0.3) is 0 Å². The number of ketones is 1. The molecule has 110 valence electrons. The van der Waals surface area contributed by atoms with Crippen LogP contribution in [-0.4, -0.2) is 29.7 Å². The lowest BCUT2D eigenvalue weighted by atomic mass is 9.79. The molecule has 0 unspecified atom stereocenters. The highest BCUT2D eigenvalue weighted by Crippen LogP contribution is 2.33. The second-order valence-electron chi connectivity index (χ2n) is 5.60. The Hall–Kier alpha value is -1.91. The van der Waals surface area contributed by atoms with Crippen LogP contribution in [-0.2, 0) is 14.3 Å². The van der Waals surface area contributed by atoms with Crippen LogP contribution in [0.1, 0.15) is 40.5 Å². The molecule has 0 saturated carbocycles. The van der Waals surface area contributed by atoms with Gasteiger partial charge >= 0.3 is 5.97 Å². The first-order chi connectivity index (χ1) is 9.25. The first-order valence-electron chi connectivity index (χ1n) is 6.59. The van der Waals surface area contributed by atoms with Gasteiger partial charge in [0, 0.05) is 24.4 Å². The average Bonchev–Trinajstić information content (AvgIpc) is 2.26. The summed E-state index contributed by atoms with van der Waals surface area (Å²) in [6.07, 6.45) is 3.88. The number of rotatable bonds is 4. The van der Waals surface area contributed by atoms with E-state index in [1.807, 2.05) is 13.8 Å². The Balaban J connectivity index is 2.93. The lowest BCUT2D eigenvalue weighted by Gasteiger charge is -2.26. The fourth-order valence-corrected chi connectivity index (χ4v) is 2.05. The first-order valence-corrected chi connectivity index (χ1v) is 6.59. The van der Waals surface area contributed by atoms with E-state index in [1.54, 1.807) is 6.92 Å². The number of ether oxygens (including phenoxy) is 1. The van der Waals surface area contributed by atoms with Gasteiger partial charge in [0.05, 0.1) is 6.61 Å². The van der Waals surface area contributed by atoms with Gasteiger partial charge in [-0.1, -0.05) is 13.8 Å². The number of allylic oxidation sites excluding steroid dienone is 3. The van der Waals surface area contributed by atoms with Crippen LogP contribution in [0.25, 0.3) is 0 Å². The second kappa shape index (κ2) is 6.50. The van der Waals surface area contributed by atoms with Gasteiger partial charge in [-0.25, -0.2) is 4.79 Å². The van der Waals surface area contributed by atoms with Gasteiger partial charge < -0.3 is 9.84 Å². The van der Waals surface area contributed by atoms with E-state index >= 15 is 0 Å². The Kier molecular flexibility index (Phi) is 5.25. The number of aliphatic imine (C=N–C) groups is 1. The third-order valence-electron chi connectivity index (χ3n) is 2.88. The molecule has 0 bridgehead atoms. The molecule has 0 spiro atoms. The SMILES string of the molecule is CCOC(=O)/C(C=NC1=CC(=O)CC(C)(C)C1)=C(\C)O. The van der Waals surface area contributed by atoms with Crippen molar-refractivity contribution in [1.82, 2.24) is 0 Å². The Morgan fingerprint density at radius 1 is 1.50 bits per heavy atom. The maximum atomic E-state index is 11.6. The summed E-state index contributed by atoms with van der Waals surface area (Å²) in [5.74, 6) is -0.761. The molecular formula is C15H21NO4. The van der Waals surface area contributed by atoms with Crippen molar-refractivity contribution in [2.45, 2.75) is 40.5 Å². The quantitative estimate of drug-likeness (QED) is 0.371. The van der Waals surface area contributed by atoms with Gasteiger partial charge in [-0.2, -0.15) is 0 Å². The monoisotopic (exact) mass is 279 g/mol. The normalized spacial score (nSPS) is 19.6. The molecule has 0 heterocycles. The van der Waals surface area contributed by atoms with E-state index in [9.17, 15) is 14.7 Å². The molecule has 0 aliphatic heterocycles. The fraction of sp³-hybridized carbons (Fsp3) is 0.533. The highest BCUT2D eigenvalue weighted by atomic mass is 16.5. The van der Waals surface area contributed by atoms with Crippen molar-refractivity contribution in [2.75, 3.05) is 6.61 Å². The standard InChI is InChI=1S/C15H21NO4/c1-5-20-14(19)13(10(2)17)9-16-11-6-12(18)8-15(3,4)7-11/h6,9,17H,5,7-8H2,1-4H3/b13-10+,16-9?. The summed E-state index contributed by atoms with van der Waals surface area (Å²) in [5, 5.41) is 9.49. The Labute approximate surface area is 119 Å². The third-order valence-corrected chi connectivity index (χ3v) is 2.88. The largest absolute Gasteiger partial charge is 0.512 e. The number of carbonyl (C=O) groups excluding carboxylic acids is 2. The van der Waals surface area contributed by atoms with E-state index in [0.717, 1.165) is 0 Å². The van der Waals surface area contributed by atoms with Gasteiger partial charge in [-0.15, -0.1) is 0 Å². The van der Waals surface area contributed by atoms with Crippen LogP contribution in [0.2, 0.25) is 0 Å². The molecule has 5 nitrogen and oxygen atoms in total. The van der Waals surface area contributed by atoms with Gasteiger partial charge in [0.1, 0.15) is 11.3 Å². The molecule has 20 heavy (non-hydrogen) atoms. The summed E-state index contributed by atoms with van der Waals surface area (Å²) in [4.78, 5) is 27.4. The summed E-state index contributed by atoms with van der Waals surface area (Å²) in [6.45, 7) is 7.28. The number of esters is 1. The lowest BCUT2D eigenvalue weighted by Crippen LogP contribution is -2.21. The average molecular weight is 279 g/mol. The molecular weight excluding hydrogens is 258 g/mol. The number of aliphatic hydroxyl groups is 1. The summed E-state index contributed by atoms with van der Waals surface area (Å²) in [6, 6.07) is 0. The highest BCUT2D eigenvalue weighted by molar-refractivity contribution is 6.10. The van der Waals surface area contributed by atoms with Gasteiger partial charge in [0.15, 0.2) is 5.78 Å². The maximum absolute atomic E-state index is 11.6. The van der Waals surface area contributed by atoms with Crippen molar-refractivity contribution in [3.63, 3.8) is 0 Å². The van der Waals surface area contributed by atoms with Gasteiger partial charge in [-0.05, 0) is 25.7 Å². The van der Waals surface area contributed by atoms with Gasteiger partial charge in [0.2, 0.25) is 0 Å². The molecule has 0 saturated heterocycles. The van der Waals surface area contributed by atoms with Crippen LogP contribution in [0.15, 0.2) is 28.1 Å². The minimum Gasteiger partial charge on any atom is -0.512 e. The number of hydrogen-bond donors (Lipinski definition) is 1. The van der Waals surface area contributed by atoms with Crippen LogP contribution in [0.4, 0.5) is 0 Å². The Morgan fingerprint density at radius 2 is 2.15 bits per heavy atom. The maximum Gasteiger partial charge on any atom is 0.343 e. The molecule has 0 fully saturated rings. The first kappa shape index (κ1) is 16.1. The molecule has 0 atom stereocenters. The Bertz CT molecular complexity index is 494. The molecule has 0 aromatic heterocycles. The van der Waals surface area contributed by atoms with Crippen LogP contribution in [0.5, 0.6) is 0 Å². The fourth-order valence-electron chi connectivity index (χ4n) is 2.05. The van der Waals surface area contributed by atoms with Crippen molar-refractivity contribution in [3.8, 4) is 0 Å². The van der Waals surface area contributed by atoms with Crippen molar-refractivity contribution < 1.29 is 19.4 Å². The number of carbonyl (C=O) groups is 2. The summed E-state index contributed by atoms with van der Waals surface area (Å²) in [7, 11) is 0. The second-order valence-corrected chi connectivity index (χ2v) is 5.60. The molecule has 0 aromatic carbocycles. The lowest BCUT2D eigenvalue weighted by molar-refractivity contribution is -0.138. The van der Waals surface area contributed by atoms with Gasteiger partial charge in [-0.3, -0.25) is 9.79 Å². The zero-order valence-corrected chi connectivity index (χ0v) is 12.4. The summed E-state index contributed by atoms with van der Waals surface area (Å²) < 4.78 is 4.83. The molecule has 1 rings (SSSR count). The van der Waals surface area contributed by atoms with E-state index in [1.165, 1.54) is 19.2 Å². The number of aliphatic hydroxyl groups excluding tert-OH is 1. The highest BCUT2D eigenvalue weighted by Gasteiger charge is 2.27. The Morgan fingerprint density at radius 3 is 2.65 bits per heavy atom. The minimum absolute atomic E-state index is 0.00331. The van der Waals surface area contributed by atoms with E-state index in [4.69, 9.17) is 4.74 Å². The van der Waals surface area contributed by atoms with E-state index in [0.29, 0.717) is 18.5 Å². The smallest absolute Gasteiger partial charge is 0.343 e. The number of hydrogen-bond acceptors (Lipinski definition) is 5. The molecule has 1 aliphatic carbocycles. The van der Waals surface area contributed by atoms with E-state index in [2.05, 4.69) is 4.99 Å². The number of nitrogens with zero attached hydrogens (tertiary/aromatic N) is 1. The molecule has 0 aromatic rings. The summed E-state index contributed by atoms with van der Waals surface area (Å²) in [5.41, 5.74) is 0.471. The topological polar surface area (TPSA) is 76.0 Å². The van der Waals surface area contributed by atoms with Crippen LogP contribution in [0.3, 0.4) is 0 Å². The zero-order chi connectivity index (χ0) is 15.3. The van der Waals surface area contributed by atoms with E-state index in [-0.39, 0.29) is 29.1 Å². The summed E-state index contributed by atoms with van der Waals surface area (Å²) >= 11 is 0. The molecule has 0 radical (unpaired) electrons. The molecule has 1 N–H and O–H groups in total. The van der Waals surface area contributed by atoms with E-state index < -0.39 is 5.97 Å². The van der Waals surface area contributed by atoms with Crippen LogP contribution >= 0.6 is 0 Å². The predicted molar refractivity (Wildman–Crippen MR) is 76.6 cm³/mol.